The first kappa shape index (κ1) is 15.5. The molecule has 0 atom stereocenters. The number of hydrogen-bond donors (Lipinski definition) is 1. The van der Waals surface area contributed by atoms with Crippen molar-refractivity contribution in [2.24, 2.45) is 0 Å². The smallest absolute Gasteiger partial charge is 0.168 e. The summed E-state index contributed by atoms with van der Waals surface area (Å²) in [5.74, 6) is 0.415. The van der Waals surface area contributed by atoms with Gasteiger partial charge in [0.2, 0.25) is 0 Å². The lowest BCUT2D eigenvalue weighted by Crippen LogP contribution is -2.03. The van der Waals surface area contributed by atoms with Crippen molar-refractivity contribution in [3.63, 3.8) is 0 Å². The zero-order valence-electron chi connectivity index (χ0n) is 13.0. The molecule has 1 N–H and O–H groups in total. The summed E-state index contributed by atoms with van der Waals surface area (Å²) in [4.78, 5) is 8.62. The Morgan fingerprint density at radius 3 is 2.72 bits per heavy atom. The van der Waals surface area contributed by atoms with Gasteiger partial charge >= 0.3 is 0 Å². The second kappa shape index (κ2) is 6.49. The maximum atomic E-state index is 13.0. The summed E-state index contributed by atoms with van der Waals surface area (Å²) in [6.07, 6.45) is 3.20. The third-order valence-corrected chi connectivity index (χ3v) is 4.03. The fourth-order valence-electron chi connectivity index (χ4n) is 2.57. The molecule has 0 amide bonds. The van der Waals surface area contributed by atoms with Crippen molar-refractivity contribution in [3.05, 3.63) is 77.5 Å². The Morgan fingerprint density at radius 1 is 1.08 bits per heavy atom. The van der Waals surface area contributed by atoms with Crippen LogP contribution in [0.4, 0.5) is 10.2 Å². The maximum absolute atomic E-state index is 13.0. The van der Waals surface area contributed by atoms with Gasteiger partial charge in [-0.2, -0.15) is 5.10 Å². The Morgan fingerprint density at radius 2 is 1.92 bits per heavy atom. The lowest BCUT2D eigenvalue weighted by Gasteiger charge is -2.07. The number of benzene rings is 2. The molecule has 2 aromatic carbocycles. The average Bonchev–Trinajstić information content (AvgIpc) is 3.06. The first-order valence-corrected chi connectivity index (χ1v) is 8.01. The average molecular weight is 354 g/mol. The Kier molecular flexibility index (Phi) is 4.03. The number of fused-ring (bicyclic) bond motifs is 1. The molecular weight excluding hydrogens is 341 g/mol. The van der Waals surface area contributed by atoms with E-state index in [0.717, 1.165) is 16.6 Å². The van der Waals surface area contributed by atoms with E-state index >= 15 is 0 Å². The normalized spacial score (nSPS) is 11.0. The van der Waals surface area contributed by atoms with Gasteiger partial charge < -0.3 is 5.32 Å². The molecule has 0 aliphatic rings. The third-order valence-electron chi connectivity index (χ3n) is 3.79. The molecule has 0 saturated carbocycles. The molecule has 0 aliphatic heterocycles. The van der Waals surface area contributed by atoms with E-state index < -0.39 is 0 Å². The summed E-state index contributed by atoms with van der Waals surface area (Å²) in [6, 6.07) is 13.7. The van der Waals surface area contributed by atoms with Crippen molar-refractivity contribution < 1.29 is 4.39 Å². The molecule has 4 aromatic rings. The third kappa shape index (κ3) is 3.16. The second-order valence-corrected chi connectivity index (χ2v) is 5.91. The molecule has 0 fully saturated rings. The standard InChI is InChI=1S/C18H13ClFN5/c19-13-2-1-3-15(8-13)25-18-16(10-24-25)17(22-11-23-18)21-9-12-4-6-14(20)7-5-12/h1-8,10-11H,9H2,(H,21,22,23). The van der Waals surface area contributed by atoms with Crippen LogP contribution in [-0.4, -0.2) is 19.7 Å². The van der Waals surface area contributed by atoms with Crippen molar-refractivity contribution in [2.75, 3.05) is 5.32 Å². The molecule has 2 heterocycles. The van der Waals surface area contributed by atoms with Crippen LogP contribution in [0.3, 0.4) is 0 Å². The Hall–Kier alpha value is -2.99. The van der Waals surface area contributed by atoms with E-state index in [2.05, 4.69) is 20.4 Å². The van der Waals surface area contributed by atoms with Crippen LogP contribution in [-0.2, 0) is 6.54 Å². The van der Waals surface area contributed by atoms with Gasteiger partial charge in [-0.1, -0.05) is 29.8 Å². The monoisotopic (exact) mass is 353 g/mol. The molecule has 0 spiro atoms. The fourth-order valence-corrected chi connectivity index (χ4v) is 2.75. The van der Waals surface area contributed by atoms with Gasteiger partial charge in [0.05, 0.1) is 17.3 Å². The van der Waals surface area contributed by atoms with Crippen LogP contribution in [0.2, 0.25) is 5.02 Å². The highest BCUT2D eigenvalue weighted by Crippen LogP contribution is 2.23. The molecular formula is C18H13ClFN5. The van der Waals surface area contributed by atoms with Crippen molar-refractivity contribution in [1.82, 2.24) is 19.7 Å². The zero-order chi connectivity index (χ0) is 17.2. The van der Waals surface area contributed by atoms with Gasteiger partial charge in [0.25, 0.3) is 0 Å². The van der Waals surface area contributed by atoms with Gasteiger partial charge in [-0.15, -0.1) is 0 Å². The summed E-state index contributed by atoms with van der Waals surface area (Å²) < 4.78 is 14.7. The minimum absolute atomic E-state index is 0.254. The minimum atomic E-state index is -0.254. The predicted molar refractivity (Wildman–Crippen MR) is 95.4 cm³/mol. The summed E-state index contributed by atoms with van der Waals surface area (Å²) in [6.45, 7) is 0.523. The van der Waals surface area contributed by atoms with Crippen LogP contribution in [0.15, 0.2) is 61.1 Å². The number of halogens is 2. The molecule has 0 bridgehead atoms. The van der Waals surface area contributed by atoms with Gasteiger partial charge in [0.1, 0.15) is 18.0 Å². The predicted octanol–water partition coefficient (Wildman–Crippen LogP) is 4.22. The van der Waals surface area contributed by atoms with Crippen molar-refractivity contribution in [3.8, 4) is 5.69 Å². The van der Waals surface area contributed by atoms with Crippen molar-refractivity contribution in [2.45, 2.75) is 6.54 Å². The molecule has 2 aromatic heterocycles. The van der Waals surface area contributed by atoms with Gasteiger partial charge in [0.15, 0.2) is 5.65 Å². The zero-order valence-corrected chi connectivity index (χ0v) is 13.8. The molecule has 0 unspecified atom stereocenters. The topological polar surface area (TPSA) is 55.6 Å². The van der Waals surface area contributed by atoms with E-state index in [1.54, 1.807) is 29.1 Å². The molecule has 0 radical (unpaired) electrons. The Balaban J connectivity index is 1.66. The fraction of sp³-hybridized carbons (Fsp3) is 0.0556. The number of rotatable bonds is 4. The van der Waals surface area contributed by atoms with Crippen LogP contribution < -0.4 is 5.32 Å². The van der Waals surface area contributed by atoms with Crippen molar-refractivity contribution >= 4 is 28.5 Å². The quantitative estimate of drug-likeness (QED) is 0.597. The number of hydrogen-bond acceptors (Lipinski definition) is 4. The number of nitrogens with one attached hydrogen (secondary N) is 1. The summed E-state index contributed by atoms with van der Waals surface area (Å²) in [5.41, 5.74) is 2.46. The SMILES string of the molecule is Fc1ccc(CNc2ncnc3c2cnn3-c2cccc(Cl)c2)cc1. The highest BCUT2D eigenvalue weighted by atomic mass is 35.5. The van der Waals surface area contributed by atoms with E-state index in [0.29, 0.717) is 23.0 Å². The number of anilines is 1. The molecule has 7 heteroatoms. The molecule has 124 valence electrons. The van der Waals surface area contributed by atoms with Crippen LogP contribution in [0.1, 0.15) is 5.56 Å². The van der Waals surface area contributed by atoms with Gasteiger partial charge in [-0.25, -0.2) is 19.0 Å². The molecule has 0 aliphatic carbocycles. The van der Waals surface area contributed by atoms with Gasteiger partial charge in [0, 0.05) is 11.6 Å². The van der Waals surface area contributed by atoms with E-state index in [9.17, 15) is 4.39 Å². The largest absolute Gasteiger partial charge is 0.365 e. The molecule has 5 nitrogen and oxygen atoms in total. The van der Waals surface area contributed by atoms with Crippen molar-refractivity contribution in [1.29, 1.82) is 0 Å². The van der Waals surface area contributed by atoms with Crippen LogP contribution in [0, 0.1) is 5.82 Å². The highest BCUT2D eigenvalue weighted by molar-refractivity contribution is 6.30. The van der Waals surface area contributed by atoms with E-state index in [1.807, 2.05) is 18.2 Å². The van der Waals surface area contributed by atoms with Gasteiger partial charge in [-0.05, 0) is 35.9 Å². The lowest BCUT2D eigenvalue weighted by molar-refractivity contribution is 0.627. The first-order chi connectivity index (χ1) is 12.2. The van der Waals surface area contributed by atoms with Crippen LogP contribution in [0.5, 0.6) is 0 Å². The summed E-state index contributed by atoms with van der Waals surface area (Å²) >= 11 is 6.06. The first-order valence-electron chi connectivity index (χ1n) is 7.64. The van der Waals surface area contributed by atoms with Crippen LogP contribution >= 0.6 is 11.6 Å². The van der Waals surface area contributed by atoms with Gasteiger partial charge in [-0.3, -0.25) is 0 Å². The lowest BCUT2D eigenvalue weighted by atomic mass is 10.2. The number of aromatic nitrogens is 4. The molecule has 4 rings (SSSR count). The highest BCUT2D eigenvalue weighted by Gasteiger charge is 2.11. The summed E-state index contributed by atoms with van der Waals surface area (Å²) in [5, 5.41) is 9.07. The Labute approximate surface area is 148 Å². The second-order valence-electron chi connectivity index (χ2n) is 5.48. The summed E-state index contributed by atoms with van der Waals surface area (Å²) in [7, 11) is 0. The van der Waals surface area contributed by atoms with E-state index in [4.69, 9.17) is 11.6 Å². The molecule has 0 saturated heterocycles. The van der Waals surface area contributed by atoms with E-state index in [1.165, 1.54) is 18.5 Å². The number of nitrogens with zero attached hydrogens (tertiary/aromatic N) is 4. The Bertz CT molecular complexity index is 1030. The maximum Gasteiger partial charge on any atom is 0.168 e. The van der Waals surface area contributed by atoms with E-state index in [-0.39, 0.29) is 5.82 Å². The minimum Gasteiger partial charge on any atom is -0.365 e. The van der Waals surface area contributed by atoms with Crippen LogP contribution in [0.25, 0.3) is 16.7 Å². The molecule has 25 heavy (non-hydrogen) atoms.